The zero-order valence-electron chi connectivity index (χ0n) is 16.9. The van der Waals surface area contributed by atoms with Crippen LogP contribution >= 0.6 is 0 Å². The monoisotopic (exact) mass is 408 g/mol. The average Bonchev–Trinajstić information content (AvgIpc) is 2.73. The highest BCUT2D eigenvalue weighted by atomic mass is 19.1. The molecule has 3 aromatic rings. The molecule has 0 unspecified atom stereocenters. The van der Waals surface area contributed by atoms with Gasteiger partial charge in [-0.1, -0.05) is 6.07 Å². The summed E-state index contributed by atoms with van der Waals surface area (Å²) in [6, 6.07) is 4.08. The molecule has 0 saturated carbocycles. The molecule has 0 aliphatic carbocycles. The molecule has 4 rings (SSSR count). The molecule has 2 aromatic heterocycles. The SMILES string of the molecule is CCN1C(=O)c2c(C)nc(N)nc2C[C@@H]1c1ccc(F)cc1-c1cncc(OC)n1. The summed E-state index contributed by atoms with van der Waals surface area (Å²) in [6.45, 7) is 4.11. The normalized spacial score (nSPS) is 15.8. The maximum absolute atomic E-state index is 14.2. The number of carbonyl (C=O) groups excluding carboxylic acids is 1. The van der Waals surface area contributed by atoms with E-state index in [-0.39, 0.29) is 17.9 Å². The second-order valence-electron chi connectivity index (χ2n) is 6.98. The number of halogens is 1. The van der Waals surface area contributed by atoms with Crippen LogP contribution in [0.1, 0.15) is 40.3 Å². The summed E-state index contributed by atoms with van der Waals surface area (Å²) in [6.07, 6.45) is 3.45. The highest BCUT2D eigenvalue weighted by molar-refractivity contribution is 5.98. The van der Waals surface area contributed by atoms with E-state index >= 15 is 0 Å². The highest BCUT2D eigenvalue weighted by Crippen LogP contribution is 2.38. The zero-order valence-corrected chi connectivity index (χ0v) is 16.9. The Kier molecular flexibility index (Phi) is 5.03. The lowest BCUT2D eigenvalue weighted by atomic mass is 9.88. The van der Waals surface area contributed by atoms with E-state index in [1.807, 2.05) is 6.92 Å². The third-order valence-corrected chi connectivity index (χ3v) is 5.23. The van der Waals surface area contributed by atoms with Crippen LogP contribution in [0.25, 0.3) is 11.3 Å². The fourth-order valence-electron chi connectivity index (χ4n) is 3.92. The fourth-order valence-corrected chi connectivity index (χ4v) is 3.92. The average molecular weight is 408 g/mol. The van der Waals surface area contributed by atoms with Gasteiger partial charge in [-0.05, 0) is 31.5 Å². The van der Waals surface area contributed by atoms with Gasteiger partial charge in [-0.3, -0.25) is 9.78 Å². The van der Waals surface area contributed by atoms with E-state index in [1.165, 1.54) is 25.4 Å². The van der Waals surface area contributed by atoms with Crippen molar-refractivity contribution in [3.05, 3.63) is 58.9 Å². The molecular weight excluding hydrogens is 387 g/mol. The number of methoxy groups -OCH3 is 1. The molecular formula is C21H21FN6O2. The maximum atomic E-state index is 14.2. The molecule has 0 saturated heterocycles. The van der Waals surface area contributed by atoms with Crippen molar-refractivity contribution in [1.29, 1.82) is 0 Å². The minimum Gasteiger partial charge on any atom is -0.480 e. The molecule has 1 aliphatic rings. The van der Waals surface area contributed by atoms with Gasteiger partial charge in [-0.25, -0.2) is 19.3 Å². The first-order valence-corrected chi connectivity index (χ1v) is 9.52. The van der Waals surface area contributed by atoms with Gasteiger partial charge in [0.05, 0.1) is 48.2 Å². The number of hydrogen-bond donors (Lipinski definition) is 1. The van der Waals surface area contributed by atoms with E-state index in [9.17, 15) is 9.18 Å². The number of ether oxygens (including phenoxy) is 1. The minimum absolute atomic E-state index is 0.126. The Labute approximate surface area is 173 Å². The second-order valence-corrected chi connectivity index (χ2v) is 6.98. The third kappa shape index (κ3) is 3.32. The molecule has 30 heavy (non-hydrogen) atoms. The molecule has 1 aliphatic heterocycles. The van der Waals surface area contributed by atoms with Gasteiger partial charge in [-0.15, -0.1) is 0 Å². The first kappa shape index (κ1) is 19.7. The number of fused-ring (bicyclic) bond motifs is 1. The van der Waals surface area contributed by atoms with Crippen LogP contribution in [0.4, 0.5) is 10.3 Å². The van der Waals surface area contributed by atoms with E-state index in [4.69, 9.17) is 10.5 Å². The molecule has 0 bridgehead atoms. The lowest BCUT2D eigenvalue weighted by Gasteiger charge is -2.37. The van der Waals surface area contributed by atoms with Gasteiger partial charge in [-0.2, -0.15) is 0 Å². The van der Waals surface area contributed by atoms with E-state index in [1.54, 1.807) is 24.1 Å². The first-order chi connectivity index (χ1) is 14.4. The predicted octanol–water partition coefficient (Wildman–Crippen LogP) is 2.73. The lowest BCUT2D eigenvalue weighted by Crippen LogP contribution is -2.41. The van der Waals surface area contributed by atoms with Crippen LogP contribution in [-0.2, 0) is 6.42 Å². The highest BCUT2D eigenvalue weighted by Gasteiger charge is 2.36. The number of likely N-dealkylation sites (N-methyl/N-ethyl adjacent to an activating group) is 1. The summed E-state index contributed by atoms with van der Waals surface area (Å²) in [5, 5.41) is 0. The van der Waals surface area contributed by atoms with E-state index in [0.29, 0.717) is 47.1 Å². The summed E-state index contributed by atoms with van der Waals surface area (Å²) < 4.78 is 19.3. The number of nitrogens with two attached hydrogens (primary N) is 1. The van der Waals surface area contributed by atoms with Crippen LogP contribution in [0, 0.1) is 12.7 Å². The van der Waals surface area contributed by atoms with Gasteiger partial charge in [0.2, 0.25) is 11.8 Å². The number of aryl methyl sites for hydroxylation is 1. The smallest absolute Gasteiger partial charge is 0.258 e. The summed E-state index contributed by atoms with van der Waals surface area (Å²) >= 11 is 0. The Balaban J connectivity index is 1.88. The van der Waals surface area contributed by atoms with Crippen molar-refractivity contribution >= 4 is 11.9 Å². The third-order valence-electron chi connectivity index (χ3n) is 5.23. The fraction of sp³-hybridized carbons (Fsp3) is 0.286. The van der Waals surface area contributed by atoms with Crippen molar-refractivity contribution in [1.82, 2.24) is 24.8 Å². The molecule has 154 valence electrons. The van der Waals surface area contributed by atoms with E-state index in [2.05, 4.69) is 19.9 Å². The van der Waals surface area contributed by atoms with Crippen molar-refractivity contribution < 1.29 is 13.9 Å². The Bertz CT molecular complexity index is 1140. The Hall–Kier alpha value is -3.62. The van der Waals surface area contributed by atoms with Gasteiger partial charge < -0.3 is 15.4 Å². The molecule has 1 atom stereocenters. The zero-order chi connectivity index (χ0) is 21.4. The van der Waals surface area contributed by atoms with Crippen LogP contribution in [0.15, 0.2) is 30.6 Å². The van der Waals surface area contributed by atoms with Crippen molar-refractivity contribution in [2.45, 2.75) is 26.3 Å². The number of hydrogen-bond acceptors (Lipinski definition) is 7. The van der Waals surface area contributed by atoms with Gasteiger partial charge in [0.15, 0.2) is 0 Å². The topological polar surface area (TPSA) is 107 Å². The summed E-state index contributed by atoms with van der Waals surface area (Å²) in [4.78, 5) is 32.0. The van der Waals surface area contributed by atoms with Crippen molar-refractivity contribution in [2.24, 2.45) is 0 Å². The van der Waals surface area contributed by atoms with E-state index < -0.39 is 5.82 Å². The van der Waals surface area contributed by atoms with Gasteiger partial charge in [0.1, 0.15) is 5.82 Å². The van der Waals surface area contributed by atoms with Gasteiger partial charge in [0.25, 0.3) is 5.91 Å². The lowest BCUT2D eigenvalue weighted by molar-refractivity contribution is 0.0656. The second kappa shape index (κ2) is 7.66. The summed E-state index contributed by atoms with van der Waals surface area (Å²) in [5.41, 5.74) is 9.19. The molecule has 2 N–H and O–H groups in total. The van der Waals surface area contributed by atoms with Crippen molar-refractivity contribution in [2.75, 3.05) is 19.4 Å². The predicted molar refractivity (Wildman–Crippen MR) is 108 cm³/mol. The Morgan fingerprint density at radius 1 is 1.27 bits per heavy atom. The molecule has 9 heteroatoms. The van der Waals surface area contributed by atoms with Crippen molar-refractivity contribution in [3.63, 3.8) is 0 Å². The number of carbonyl (C=O) groups is 1. The minimum atomic E-state index is -0.411. The summed E-state index contributed by atoms with van der Waals surface area (Å²) in [5.74, 6) is -0.142. The van der Waals surface area contributed by atoms with E-state index in [0.717, 1.165) is 5.56 Å². The van der Waals surface area contributed by atoms with Gasteiger partial charge in [0, 0.05) is 18.5 Å². The molecule has 0 radical (unpaired) electrons. The molecule has 0 spiro atoms. The number of rotatable bonds is 4. The number of anilines is 1. The first-order valence-electron chi connectivity index (χ1n) is 9.52. The van der Waals surface area contributed by atoms with Gasteiger partial charge >= 0.3 is 0 Å². The van der Waals surface area contributed by atoms with Crippen LogP contribution in [0.3, 0.4) is 0 Å². The number of aromatic nitrogens is 4. The van der Waals surface area contributed by atoms with Crippen molar-refractivity contribution in [3.8, 4) is 17.1 Å². The molecule has 0 fully saturated rings. The molecule has 8 nitrogen and oxygen atoms in total. The molecule has 1 aromatic carbocycles. The molecule has 3 heterocycles. The Morgan fingerprint density at radius 2 is 2.07 bits per heavy atom. The van der Waals surface area contributed by atoms with Crippen LogP contribution in [-0.4, -0.2) is 44.4 Å². The number of nitrogen functional groups attached to an aromatic ring is 1. The van der Waals surface area contributed by atoms with Crippen LogP contribution in [0.5, 0.6) is 5.88 Å². The van der Waals surface area contributed by atoms with Crippen LogP contribution < -0.4 is 10.5 Å². The molecule has 1 amide bonds. The Morgan fingerprint density at radius 3 is 2.80 bits per heavy atom. The number of benzene rings is 1. The quantitative estimate of drug-likeness (QED) is 0.707. The standard InChI is InChI=1S/C21H21FN6O2/c1-4-28-17(8-15-19(20(28)29)11(2)25-21(23)27-15)13-6-5-12(22)7-14(13)16-9-24-10-18(26-16)30-3/h5-7,9-10,17H,4,8H2,1-3H3,(H2,23,25,27)/t17-/m1/s1. The number of nitrogens with zero attached hydrogens (tertiary/aromatic N) is 5. The maximum Gasteiger partial charge on any atom is 0.258 e. The van der Waals surface area contributed by atoms with Crippen LogP contribution in [0.2, 0.25) is 0 Å². The number of amides is 1. The summed E-state index contributed by atoms with van der Waals surface area (Å²) in [7, 11) is 1.49. The largest absolute Gasteiger partial charge is 0.480 e.